The van der Waals surface area contributed by atoms with Crippen molar-refractivity contribution in [3.63, 3.8) is 0 Å². The fourth-order valence-corrected chi connectivity index (χ4v) is 12.0. The maximum absolute atomic E-state index is 12.9. The average molecular weight is 610 g/mol. The number of benzene rings is 1. The zero-order valence-corrected chi connectivity index (χ0v) is 27.4. The molecule has 1 aromatic carbocycles. The van der Waals surface area contributed by atoms with E-state index in [-0.39, 0.29) is 22.3 Å². The summed E-state index contributed by atoms with van der Waals surface area (Å²) in [5.41, 5.74) is 0.264. The van der Waals surface area contributed by atoms with Crippen LogP contribution in [-0.2, 0) is 29.1 Å². The van der Waals surface area contributed by atoms with Crippen molar-refractivity contribution in [2.24, 2.45) is 34.5 Å². The predicted octanol–water partition coefficient (Wildman–Crippen LogP) is 6.18. The molecule has 2 heterocycles. The molecule has 5 aliphatic carbocycles. The molecule has 8 atom stereocenters. The molecule has 8 rings (SSSR count). The zero-order valence-electron chi connectivity index (χ0n) is 27.4. The molecule has 1 N–H and O–H groups in total. The summed E-state index contributed by atoms with van der Waals surface area (Å²) >= 11 is 0. The number of nitrogens with zero attached hydrogens (tertiary/aromatic N) is 1. The Morgan fingerprint density at radius 1 is 0.932 bits per heavy atom. The standard InChI is InChI=1S/C36H51NO7/c1-30(2,3)44-29(38)37(6)24-9-7-23(8-10-24)35-21-27(35)32(5)26(12-14-36(32)42-19-20-43-36)25-11-13-33(39)22-34(40-17-18-41-34)16-15-31(33,4)28(25)35/h7-10,25-28,39H,11-22H2,1-6H3/t25-,26-,27+,28-,31+,32+,33+,35-/m0/s1. The van der Waals surface area contributed by atoms with E-state index < -0.39 is 22.8 Å². The highest BCUT2D eigenvalue weighted by molar-refractivity contribution is 5.87. The van der Waals surface area contributed by atoms with Crippen LogP contribution in [0.15, 0.2) is 24.3 Å². The molecule has 242 valence electrons. The molecule has 7 fully saturated rings. The maximum Gasteiger partial charge on any atom is 0.414 e. The molecule has 0 bridgehead atoms. The van der Waals surface area contributed by atoms with Gasteiger partial charge in [0.2, 0.25) is 0 Å². The number of ether oxygens (including phenoxy) is 5. The molecule has 2 saturated heterocycles. The molecule has 2 spiro atoms. The first-order valence-electron chi connectivity index (χ1n) is 17.1. The quantitative estimate of drug-likeness (QED) is 0.429. The van der Waals surface area contributed by atoms with Crippen LogP contribution in [0.4, 0.5) is 10.5 Å². The van der Waals surface area contributed by atoms with Crippen LogP contribution < -0.4 is 4.90 Å². The second-order valence-electron chi connectivity index (χ2n) is 16.7. The van der Waals surface area contributed by atoms with Crippen molar-refractivity contribution < 1.29 is 33.6 Å². The van der Waals surface area contributed by atoms with Crippen LogP contribution in [-0.4, -0.2) is 67.5 Å². The summed E-state index contributed by atoms with van der Waals surface area (Å²) in [4.78, 5) is 14.5. The molecule has 7 aliphatic rings. The molecule has 2 aliphatic heterocycles. The summed E-state index contributed by atoms with van der Waals surface area (Å²) in [5.74, 6) is 0.534. The average Bonchev–Trinajstić information content (AvgIpc) is 3.24. The minimum absolute atomic E-state index is 0.0873. The summed E-state index contributed by atoms with van der Waals surface area (Å²) in [7, 11) is 1.77. The highest BCUT2D eigenvalue weighted by Crippen LogP contribution is 2.84. The summed E-state index contributed by atoms with van der Waals surface area (Å²) in [5, 5.41) is 12.7. The van der Waals surface area contributed by atoms with Gasteiger partial charge in [0.15, 0.2) is 11.6 Å². The molecule has 0 aromatic heterocycles. The molecule has 5 saturated carbocycles. The Balaban J connectivity index is 1.21. The SMILES string of the molecule is CN(C(=O)OC(C)(C)C)c1ccc([C@@]23C[C@@H]2[C@@]2(C)[C@@H](CCC24OCCO4)[C@@H]2CC[C@@]4(O)CC5(CC[C@]4(C)[C@H]23)OCCO5)cc1. The fraction of sp³-hybridized carbons (Fsp3) is 0.806. The Morgan fingerprint density at radius 2 is 1.59 bits per heavy atom. The number of carbonyl (C=O) groups excluding carboxylic acids is 1. The van der Waals surface area contributed by atoms with Gasteiger partial charge in [-0.3, -0.25) is 4.90 Å². The second-order valence-corrected chi connectivity index (χ2v) is 16.7. The summed E-state index contributed by atoms with van der Waals surface area (Å²) in [6, 6.07) is 8.65. The van der Waals surface area contributed by atoms with Crippen molar-refractivity contribution in [1.29, 1.82) is 0 Å². The van der Waals surface area contributed by atoms with Crippen LogP contribution in [0.3, 0.4) is 0 Å². The Morgan fingerprint density at radius 3 is 2.25 bits per heavy atom. The third-order valence-electron chi connectivity index (χ3n) is 13.9. The number of carbonyl (C=O) groups is 1. The normalized spacial score (nSPS) is 44.5. The summed E-state index contributed by atoms with van der Waals surface area (Å²) in [6.45, 7) is 13.1. The van der Waals surface area contributed by atoms with Crippen LogP contribution in [0.1, 0.15) is 91.5 Å². The molecular weight excluding hydrogens is 558 g/mol. The minimum Gasteiger partial charge on any atom is -0.443 e. The topological polar surface area (TPSA) is 86.7 Å². The van der Waals surface area contributed by atoms with Gasteiger partial charge in [-0.1, -0.05) is 26.0 Å². The van der Waals surface area contributed by atoms with Crippen molar-refractivity contribution in [2.75, 3.05) is 38.4 Å². The van der Waals surface area contributed by atoms with Gasteiger partial charge in [-0.25, -0.2) is 4.79 Å². The Kier molecular flexibility index (Phi) is 6.21. The van der Waals surface area contributed by atoms with Crippen LogP contribution >= 0.6 is 0 Å². The van der Waals surface area contributed by atoms with E-state index in [2.05, 4.69) is 38.1 Å². The molecule has 44 heavy (non-hydrogen) atoms. The van der Waals surface area contributed by atoms with Gasteiger partial charge < -0.3 is 28.8 Å². The second kappa shape index (κ2) is 9.21. The van der Waals surface area contributed by atoms with E-state index in [1.54, 1.807) is 11.9 Å². The van der Waals surface area contributed by atoms with E-state index in [4.69, 9.17) is 23.7 Å². The van der Waals surface area contributed by atoms with E-state index in [9.17, 15) is 9.90 Å². The van der Waals surface area contributed by atoms with Crippen molar-refractivity contribution in [1.82, 2.24) is 0 Å². The highest BCUT2D eigenvalue weighted by Gasteiger charge is 2.84. The molecule has 1 aromatic rings. The molecule has 1 amide bonds. The van der Waals surface area contributed by atoms with E-state index in [1.807, 2.05) is 20.8 Å². The number of amides is 1. The van der Waals surface area contributed by atoms with E-state index in [0.29, 0.717) is 56.5 Å². The van der Waals surface area contributed by atoms with Gasteiger partial charge in [0, 0.05) is 48.2 Å². The monoisotopic (exact) mass is 609 g/mol. The Bertz CT molecular complexity index is 1330. The summed E-state index contributed by atoms with van der Waals surface area (Å²) in [6.07, 6.45) is 6.83. The van der Waals surface area contributed by atoms with Crippen molar-refractivity contribution in [2.45, 2.75) is 114 Å². The number of hydrogen-bond acceptors (Lipinski definition) is 7. The van der Waals surface area contributed by atoms with Gasteiger partial charge in [-0.2, -0.15) is 0 Å². The number of fused-ring (bicyclic) bond motifs is 9. The first-order chi connectivity index (χ1) is 20.7. The number of aliphatic hydroxyl groups is 1. The number of rotatable bonds is 2. The Hall–Kier alpha value is -1.71. The number of hydrogen-bond donors (Lipinski definition) is 1. The van der Waals surface area contributed by atoms with Gasteiger partial charge >= 0.3 is 6.09 Å². The highest BCUT2D eigenvalue weighted by atomic mass is 16.7. The smallest absolute Gasteiger partial charge is 0.414 e. The summed E-state index contributed by atoms with van der Waals surface area (Å²) < 4.78 is 31.2. The molecule has 0 unspecified atom stereocenters. The van der Waals surface area contributed by atoms with E-state index >= 15 is 0 Å². The van der Waals surface area contributed by atoms with Crippen molar-refractivity contribution in [3.8, 4) is 0 Å². The van der Waals surface area contributed by atoms with Crippen molar-refractivity contribution in [3.05, 3.63) is 29.8 Å². The first kappa shape index (κ1) is 29.7. The number of anilines is 1. The van der Waals surface area contributed by atoms with Crippen LogP contribution in [0.2, 0.25) is 0 Å². The lowest BCUT2D eigenvalue weighted by atomic mass is 9.40. The maximum atomic E-state index is 12.9. The molecule has 0 radical (unpaired) electrons. The van der Waals surface area contributed by atoms with Crippen molar-refractivity contribution >= 4 is 11.8 Å². The van der Waals surface area contributed by atoms with Gasteiger partial charge in [0.1, 0.15) is 5.60 Å². The third-order valence-corrected chi connectivity index (χ3v) is 13.9. The lowest BCUT2D eigenvalue weighted by Gasteiger charge is -2.67. The minimum atomic E-state index is -0.849. The van der Waals surface area contributed by atoms with E-state index in [0.717, 1.165) is 50.6 Å². The van der Waals surface area contributed by atoms with Gasteiger partial charge in [0.05, 0.1) is 32.0 Å². The third kappa shape index (κ3) is 3.72. The Labute approximate surface area is 262 Å². The van der Waals surface area contributed by atoms with Crippen LogP contribution in [0.25, 0.3) is 0 Å². The molecule has 8 heteroatoms. The fourth-order valence-electron chi connectivity index (χ4n) is 12.0. The van der Waals surface area contributed by atoms with E-state index in [1.165, 1.54) is 5.56 Å². The largest absolute Gasteiger partial charge is 0.443 e. The van der Waals surface area contributed by atoms with Gasteiger partial charge in [0.25, 0.3) is 0 Å². The first-order valence-corrected chi connectivity index (χ1v) is 17.1. The predicted molar refractivity (Wildman–Crippen MR) is 164 cm³/mol. The van der Waals surface area contributed by atoms with Gasteiger partial charge in [-0.15, -0.1) is 0 Å². The zero-order chi connectivity index (χ0) is 31.0. The lowest BCUT2D eigenvalue weighted by Crippen LogP contribution is -2.68. The van der Waals surface area contributed by atoms with Crippen LogP contribution in [0.5, 0.6) is 0 Å². The van der Waals surface area contributed by atoms with Crippen LogP contribution in [0, 0.1) is 34.5 Å². The lowest BCUT2D eigenvalue weighted by molar-refractivity contribution is -0.299. The van der Waals surface area contributed by atoms with Gasteiger partial charge in [-0.05, 0) is 94.2 Å². The molecular formula is C36H51NO7. The molecule has 8 nitrogen and oxygen atoms in total.